The average molecular weight is 305 g/mol. The summed E-state index contributed by atoms with van der Waals surface area (Å²) in [6.45, 7) is 3.22. The van der Waals surface area contributed by atoms with Crippen LogP contribution in [-0.2, 0) is 15.7 Å². The molecule has 1 heterocycles. The molecule has 0 spiro atoms. The van der Waals surface area contributed by atoms with Gasteiger partial charge in [0, 0.05) is 0 Å². The van der Waals surface area contributed by atoms with Gasteiger partial charge in [-0.05, 0) is 24.1 Å². The molecule has 21 heavy (non-hydrogen) atoms. The Morgan fingerprint density at radius 2 is 1.86 bits per heavy atom. The number of amides is 1. The van der Waals surface area contributed by atoms with Gasteiger partial charge in [-0.2, -0.15) is 13.2 Å². The molecule has 0 aliphatic carbocycles. The Morgan fingerprint density at radius 1 is 1.24 bits per heavy atom. The summed E-state index contributed by atoms with van der Waals surface area (Å²) in [6.07, 6.45) is -5.80. The summed E-state index contributed by atoms with van der Waals surface area (Å²) in [5.41, 5.74) is -1.60. The van der Waals surface area contributed by atoms with Gasteiger partial charge in [0.05, 0.1) is 11.3 Å². The maximum absolute atomic E-state index is 13.9. The average Bonchev–Trinajstić information content (AvgIpc) is 2.63. The minimum absolute atomic E-state index is 0.281. The third-order valence-corrected chi connectivity index (χ3v) is 3.07. The summed E-state index contributed by atoms with van der Waals surface area (Å²) in [5.74, 6) is -2.48. The normalized spacial score (nSPS) is 19.4. The van der Waals surface area contributed by atoms with Crippen LogP contribution in [0.1, 0.15) is 19.4 Å². The number of anilines is 1. The predicted molar refractivity (Wildman–Crippen MR) is 64.0 cm³/mol. The lowest BCUT2D eigenvalue weighted by Gasteiger charge is -2.23. The number of rotatable bonds is 2. The van der Waals surface area contributed by atoms with E-state index in [1.807, 2.05) is 0 Å². The summed E-state index contributed by atoms with van der Waals surface area (Å²) in [6, 6.07) is 0.672. The molecular formula is C13H11F4NO3. The van der Waals surface area contributed by atoms with E-state index in [1.165, 1.54) is 0 Å². The highest BCUT2D eigenvalue weighted by Gasteiger charge is 2.45. The quantitative estimate of drug-likeness (QED) is 0.478. The van der Waals surface area contributed by atoms with Gasteiger partial charge >= 0.3 is 18.2 Å². The zero-order valence-electron chi connectivity index (χ0n) is 11.1. The molecule has 0 N–H and O–H groups in total. The highest BCUT2D eigenvalue weighted by atomic mass is 19.4. The molecule has 1 unspecified atom stereocenters. The van der Waals surface area contributed by atoms with Crippen molar-refractivity contribution < 1.29 is 31.9 Å². The van der Waals surface area contributed by atoms with E-state index in [2.05, 4.69) is 4.74 Å². The lowest BCUT2D eigenvalue weighted by Crippen LogP contribution is -2.39. The standard InChI is InChI=1S/C13H11F4NO3/c1-6(2)10-11(19)21-12(20)18(10)9-4-3-7(5-8(9)14)13(15,16)17/h3-6,10H,1-2H3. The molecular weight excluding hydrogens is 294 g/mol. The van der Waals surface area contributed by atoms with Crippen LogP contribution in [0.2, 0.25) is 0 Å². The second-order valence-corrected chi connectivity index (χ2v) is 4.91. The van der Waals surface area contributed by atoms with E-state index in [1.54, 1.807) is 13.8 Å². The van der Waals surface area contributed by atoms with Crippen LogP contribution < -0.4 is 4.90 Å². The van der Waals surface area contributed by atoms with Crippen molar-refractivity contribution in [2.75, 3.05) is 4.90 Å². The minimum atomic E-state index is -4.70. The number of benzene rings is 1. The Hall–Kier alpha value is -2.12. The minimum Gasteiger partial charge on any atom is -0.374 e. The van der Waals surface area contributed by atoms with Crippen molar-refractivity contribution in [3.8, 4) is 0 Å². The first-order valence-corrected chi connectivity index (χ1v) is 6.04. The number of cyclic esters (lactones) is 2. The van der Waals surface area contributed by atoms with Gasteiger partial charge in [0.1, 0.15) is 11.9 Å². The van der Waals surface area contributed by atoms with Crippen molar-refractivity contribution in [1.29, 1.82) is 0 Å². The van der Waals surface area contributed by atoms with Gasteiger partial charge in [-0.3, -0.25) is 4.90 Å². The predicted octanol–water partition coefficient (Wildman–Crippen LogP) is 3.35. The van der Waals surface area contributed by atoms with Crippen LogP contribution in [0.15, 0.2) is 18.2 Å². The van der Waals surface area contributed by atoms with E-state index < -0.39 is 41.3 Å². The van der Waals surface area contributed by atoms with Crippen molar-refractivity contribution >= 4 is 17.7 Å². The Morgan fingerprint density at radius 3 is 2.33 bits per heavy atom. The number of esters is 1. The number of hydrogen-bond acceptors (Lipinski definition) is 3. The third kappa shape index (κ3) is 2.70. The molecule has 1 fully saturated rings. The smallest absolute Gasteiger partial charge is 0.374 e. The van der Waals surface area contributed by atoms with Crippen LogP contribution >= 0.6 is 0 Å². The first-order chi connectivity index (χ1) is 9.62. The largest absolute Gasteiger partial charge is 0.423 e. The molecule has 114 valence electrons. The van der Waals surface area contributed by atoms with E-state index in [0.29, 0.717) is 6.07 Å². The Balaban J connectivity index is 2.46. The Kier molecular flexibility index (Phi) is 3.65. The van der Waals surface area contributed by atoms with Crippen LogP contribution in [0.5, 0.6) is 0 Å². The number of alkyl halides is 3. The monoisotopic (exact) mass is 305 g/mol. The molecule has 4 nitrogen and oxygen atoms in total. The summed E-state index contributed by atoms with van der Waals surface area (Å²) < 4.78 is 55.8. The number of halogens is 4. The SMILES string of the molecule is CC(C)C1C(=O)OC(=O)N1c1ccc(C(F)(F)F)cc1F. The van der Waals surface area contributed by atoms with Crippen molar-refractivity contribution in [1.82, 2.24) is 0 Å². The molecule has 1 amide bonds. The van der Waals surface area contributed by atoms with Crippen LogP contribution in [0.4, 0.5) is 28.0 Å². The van der Waals surface area contributed by atoms with E-state index in [0.717, 1.165) is 11.0 Å². The Bertz CT molecular complexity index is 598. The molecule has 1 aromatic rings. The van der Waals surface area contributed by atoms with Crippen LogP contribution in [0, 0.1) is 11.7 Å². The summed E-state index contributed by atoms with van der Waals surface area (Å²) in [5, 5.41) is 0. The summed E-state index contributed by atoms with van der Waals surface area (Å²) in [7, 11) is 0. The molecule has 0 aromatic heterocycles. The second-order valence-electron chi connectivity index (χ2n) is 4.91. The van der Waals surface area contributed by atoms with Crippen molar-refractivity contribution in [3.05, 3.63) is 29.6 Å². The fourth-order valence-electron chi connectivity index (χ4n) is 2.11. The van der Waals surface area contributed by atoms with Crippen LogP contribution in [-0.4, -0.2) is 18.1 Å². The molecule has 1 aliphatic rings. The molecule has 0 saturated carbocycles. The highest BCUT2D eigenvalue weighted by molar-refractivity contribution is 6.07. The van der Waals surface area contributed by atoms with E-state index in [9.17, 15) is 27.2 Å². The number of ether oxygens (including phenoxy) is 1. The number of hydrogen-bond donors (Lipinski definition) is 0. The number of carbonyl (C=O) groups excluding carboxylic acids is 2. The number of carbonyl (C=O) groups is 2. The maximum atomic E-state index is 13.9. The molecule has 0 bridgehead atoms. The molecule has 1 aromatic carbocycles. The van der Waals surface area contributed by atoms with E-state index in [-0.39, 0.29) is 12.0 Å². The van der Waals surface area contributed by atoms with Gasteiger partial charge in [-0.25, -0.2) is 14.0 Å². The second kappa shape index (κ2) is 5.01. The van der Waals surface area contributed by atoms with Gasteiger partial charge in [0.15, 0.2) is 0 Å². The third-order valence-electron chi connectivity index (χ3n) is 3.07. The van der Waals surface area contributed by atoms with Gasteiger partial charge in [-0.15, -0.1) is 0 Å². The van der Waals surface area contributed by atoms with Gasteiger partial charge in [-0.1, -0.05) is 13.8 Å². The lowest BCUT2D eigenvalue weighted by molar-refractivity contribution is -0.138. The highest BCUT2D eigenvalue weighted by Crippen LogP contribution is 2.35. The van der Waals surface area contributed by atoms with Gasteiger partial charge in [0.2, 0.25) is 0 Å². The van der Waals surface area contributed by atoms with Crippen molar-refractivity contribution in [2.24, 2.45) is 5.92 Å². The summed E-state index contributed by atoms with van der Waals surface area (Å²) in [4.78, 5) is 23.9. The van der Waals surface area contributed by atoms with E-state index in [4.69, 9.17) is 0 Å². The van der Waals surface area contributed by atoms with Crippen molar-refractivity contribution in [2.45, 2.75) is 26.1 Å². The number of nitrogens with zero attached hydrogens (tertiary/aromatic N) is 1. The molecule has 0 radical (unpaired) electrons. The molecule has 2 rings (SSSR count). The van der Waals surface area contributed by atoms with Crippen LogP contribution in [0.3, 0.4) is 0 Å². The maximum Gasteiger partial charge on any atom is 0.423 e. The van der Waals surface area contributed by atoms with Crippen LogP contribution in [0.25, 0.3) is 0 Å². The van der Waals surface area contributed by atoms with E-state index >= 15 is 0 Å². The fraction of sp³-hybridized carbons (Fsp3) is 0.385. The first-order valence-electron chi connectivity index (χ1n) is 6.04. The zero-order valence-corrected chi connectivity index (χ0v) is 11.1. The van der Waals surface area contributed by atoms with Crippen molar-refractivity contribution in [3.63, 3.8) is 0 Å². The summed E-state index contributed by atoms with van der Waals surface area (Å²) >= 11 is 0. The Labute approximate surface area is 117 Å². The van der Waals surface area contributed by atoms with Gasteiger partial charge in [0.25, 0.3) is 0 Å². The topological polar surface area (TPSA) is 46.6 Å². The molecule has 1 atom stereocenters. The zero-order chi connectivity index (χ0) is 15.9. The molecule has 1 saturated heterocycles. The first kappa shape index (κ1) is 15.3. The lowest BCUT2D eigenvalue weighted by atomic mass is 10.0. The fourth-order valence-corrected chi connectivity index (χ4v) is 2.11. The molecule has 8 heteroatoms. The van der Waals surface area contributed by atoms with Gasteiger partial charge < -0.3 is 4.74 Å². The molecule has 1 aliphatic heterocycles.